The molecule has 1 aromatic carbocycles. The standard InChI is InChI=1S/C23H24FN5O3/c24-17-6-4-15(5-7-17)13-26-22(31)19-20(30)23(32)28-21(27-19)18-3-1-2-12-29(18)14-16-8-10-25-11-9-16/h4-11,18,30H,1-3,12-14H2,(H,26,31)(H,27,28,32). The first-order valence-electron chi connectivity index (χ1n) is 10.5. The lowest BCUT2D eigenvalue weighted by Crippen LogP contribution is -2.36. The smallest absolute Gasteiger partial charge is 0.293 e. The van der Waals surface area contributed by atoms with Crippen LogP contribution in [-0.2, 0) is 13.1 Å². The molecule has 0 spiro atoms. The summed E-state index contributed by atoms with van der Waals surface area (Å²) in [7, 11) is 0. The molecule has 1 fully saturated rings. The first kappa shape index (κ1) is 21.6. The number of nitrogens with zero attached hydrogens (tertiary/aromatic N) is 3. The van der Waals surface area contributed by atoms with Crippen LogP contribution in [0.15, 0.2) is 53.6 Å². The van der Waals surface area contributed by atoms with Gasteiger partial charge in [-0.05, 0) is 54.8 Å². The zero-order valence-electron chi connectivity index (χ0n) is 17.4. The number of hydrogen-bond donors (Lipinski definition) is 3. The van der Waals surface area contributed by atoms with Crippen LogP contribution in [-0.4, -0.2) is 37.4 Å². The Morgan fingerprint density at radius 1 is 1.16 bits per heavy atom. The second kappa shape index (κ2) is 9.69. The van der Waals surface area contributed by atoms with Crippen LogP contribution < -0.4 is 10.9 Å². The predicted octanol–water partition coefficient (Wildman–Crippen LogP) is 2.67. The van der Waals surface area contributed by atoms with E-state index < -0.39 is 17.2 Å². The third kappa shape index (κ3) is 5.00. The number of hydrogen-bond acceptors (Lipinski definition) is 6. The molecule has 3 heterocycles. The summed E-state index contributed by atoms with van der Waals surface area (Å²) in [5, 5.41) is 12.8. The van der Waals surface area contributed by atoms with Crippen molar-refractivity contribution in [3.05, 3.63) is 87.6 Å². The number of aromatic amines is 1. The molecule has 8 nitrogen and oxygen atoms in total. The molecule has 1 saturated heterocycles. The third-order valence-corrected chi connectivity index (χ3v) is 5.56. The number of H-pyrrole nitrogens is 1. The summed E-state index contributed by atoms with van der Waals surface area (Å²) in [4.78, 5) is 38.3. The lowest BCUT2D eigenvalue weighted by molar-refractivity contribution is 0.0939. The fourth-order valence-corrected chi connectivity index (χ4v) is 3.88. The van der Waals surface area contributed by atoms with Crippen LogP contribution in [0.2, 0.25) is 0 Å². The highest BCUT2D eigenvalue weighted by Gasteiger charge is 2.28. The van der Waals surface area contributed by atoms with E-state index in [1.165, 1.54) is 12.1 Å². The van der Waals surface area contributed by atoms with Gasteiger partial charge in [-0.25, -0.2) is 9.37 Å². The van der Waals surface area contributed by atoms with Crippen LogP contribution in [0.3, 0.4) is 0 Å². The number of aromatic nitrogens is 3. The number of piperidine rings is 1. The van der Waals surface area contributed by atoms with Gasteiger partial charge >= 0.3 is 0 Å². The average Bonchev–Trinajstić information content (AvgIpc) is 2.81. The molecule has 1 aliphatic rings. The van der Waals surface area contributed by atoms with Crippen molar-refractivity contribution < 1.29 is 14.3 Å². The van der Waals surface area contributed by atoms with Crippen molar-refractivity contribution in [2.24, 2.45) is 0 Å². The molecule has 9 heteroatoms. The number of carbonyl (C=O) groups is 1. The number of aromatic hydroxyl groups is 1. The highest BCUT2D eigenvalue weighted by molar-refractivity contribution is 5.94. The number of carbonyl (C=O) groups excluding carboxylic acids is 1. The monoisotopic (exact) mass is 437 g/mol. The topological polar surface area (TPSA) is 111 Å². The highest BCUT2D eigenvalue weighted by atomic mass is 19.1. The van der Waals surface area contributed by atoms with Crippen LogP contribution in [0.25, 0.3) is 0 Å². The van der Waals surface area contributed by atoms with E-state index >= 15 is 0 Å². The van der Waals surface area contributed by atoms with Crippen molar-refractivity contribution in [3.63, 3.8) is 0 Å². The summed E-state index contributed by atoms with van der Waals surface area (Å²) in [5.41, 5.74) is 0.696. The number of pyridine rings is 1. The van der Waals surface area contributed by atoms with E-state index in [0.717, 1.165) is 31.4 Å². The Morgan fingerprint density at radius 3 is 2.66 bits per heavy atom. The zero-order chi connectivity index (χ0) is 22.5. The van der Waals surface area contributed by atoms with E-state index in [1.807, 2.05) is 12.1 Å². The van der Waals surface area contributed by atoms with E-state index in [9.17, 15) is 19.1 Å². The van der Waals surface area contributed by atoms with Crippen LogP contribution in [0.1, 0.15) is 52.7 Å². The van der Waals surface area contributed by atoms with Crippen LogP contribution in [0.5, 0.6) is 5.75 Å². The lowest BCUT2D eigenvalue weighted by Gasteiger charge is -2.35. The maximum atomic E-state index is 13.1. The third-order valence-electron chi connectivity index (χ3n) is 5.56. The van der Waals surface area contributed by atoms with Gasteiger partial charge in [0, 0.05) is 25.5 Å². The molecule has 3 aromatic rings. The summed E-state index contributed by atoms with van der Waals surface area (Å²) in [6, 6.07) is 9.37. The van der Waals surface area contributed by atoms with Gasteiger partial charge < -0.3 is 15.4 Å². The molecule has 0 bridgehead atoms. The summed E-state index contributed by atoms with van der Waals surface area (Å²) in [6.45, 7) is 1.59. The molecule has 0 aliphatic carbocycles. The van der Waals surface area contributed by atoms with Gasteiger partial charge in [-0.3, -0.25) is 19.5 Å². The molecular formula is C23H24FN5O3. The van der Waals surface area contributed by atoms with E-state index in [0.29, 0.717) is 17.9 Å². The SMILES string of the molecule is O=C(NCc1ccc(F)cc1)c1nc(C2CCCCN2Cc2ccncc2)[nH]c(=O)c1O. The number of halogens is 1. The minimum absolute atomic E-state index is 0.111. The number of nitrogens with one attached hydrogen (secondary N) is 2. The van der Waals surface area contributed by atoms with Crippen molar-refractivity contribution in [3.8, 4) is 5.75 Å². The van der Waals surface area contributed by atoms with E-state index in [1.54, 1.807) is 24.5 Å². The summed E-state index contributed by atoms with van der Waals surface area (Å²) >= 11 is 0. The molecule has 1 amide bonds. The van der Waals surface area contributed by atoms with Crippen LogP contribution in [0, 0.1) is 5.82 Å². The fourth-order valence-electron chi connectivity index (χ4n) is 3.88. The second-order valence-electron chi connectivity index (χ2n) is 7.80. The van der Waals surface area contributed by atoms with Gasteiger partial charge in [-0.15, -0.1) is 0 Å². The van der Waals surface area contributed by atoms with Gasteiger partial charge in [0.2, 0.25) is 5.75 Å². The Bertz CT molecular complexity index is 1130. The maximum absolute atomic E-state index is 13.1. The number of amides is 1. The highest BCUT2D eigenvalue weighted by Crippen LogP contribution is 2.30. The molecule has 0 saturated carbocycles. The molecule has 32 heavy (non-hydrogen) atoms. The van der Waals surface area contributed by atoms with Gasteiger partial charge in [-0.2, -0.15) is 0 Å². The van der Waals surface area contributed by atoms with Gasteiger partial charge in [0.1, 0.15) is 11.6 Å². The molecule has 0 radical (unpaired) electrons. The van der Waals surface area contributed by atoms with Gasteiger partial charge in [-0.1, -0.05) is 18.6 Å². The first-order chi connectivity index (χ1) is 15.5. The molecule has 2 aromatic heterocycles. The Kier molecular flexibility index (Phi) is 6.55. The van der Waals surface area contributed by atoms with Gasteiger partial charge in [0.15, 0.2) is 5.69 Å². The normalized spacial score (nSPS) is 16.6. The molecule has 3 N–H and O–H groups in total. The summed E-state index contributed by atoms with van der Waals surface area (Å²) < 4.78 is 13.1. The van der Waals surface area contributed by atoms with Crippen molar-refractivity contribution in [1.29, 1.82) is 0 Å². The second-order valence-corrected chi connectivity index (χ2v) is 7.80. The van der Waals surface area contributed by atoms with Gasteiger partial charge in [0.05, 0.1) is 6.04 Å². The summed E-state index contributed by atoms with van der Waals surface area (Å²) in [6.07, 6.45) is 6.23. The molecule has 1 unspecified atom stereocenters. The Balaban J connectivity index is 1.55. The largest absolute Gasteiger partial charge is 0.501 e. The predicted molar refractivity (Wildman–Crippen MR) is 115 cm³/mol. The van der Waals surface area contributed by atoms with Crippen molar-refractivity contribution >= 4 is 5.91 Å². The molecule has 1 atom stereocenters. The molecule has 166 valence electrons. The van der Waals surface area contributed by atoms with Crippen LogP contribution in [0.4, 0.5) is 4.39 Å². The van der Waals surface area contributed by atoms with E-state index in [2.05, 4.69) is 25.2 Å². The van der Waals surface area contributed by atoms with Crippen molar-refractivity contribution in [2.75, 3.05) is 6.54 Å². The molecule has 1 aliphatic heterocycles. The maximum Gasteiger partial charge on any atom is 0.293 e. The zero-order valence-corrected chi connectivity index (χ0v) is 17.4. The minimum atomic E-state index is -0.753. The fraction of sp³-hybridized carbons (Fsp3) is 0.304. The average molecular weight is 437 g/mol. The quantitative estimate of drug-likeness (QED) is 0.547. The number of likely N-dealkylation sites (tertiary alicyclic amines) is 1. The molecular weight excluding hydrogens is 413 g/mol. The summed E-state index contributed by atoms with van der Waals surface area (Å²) in [5.74, 6) is -1.41. The van der Waals surface area contributed by atoms with Crippen LogP contribution >= 0.6 is 0 Å². The van der Waals surface area contributed by atoms with E-state index in [4.69, 9.17) is 0 Å². The van der Waals surface area contributed by atoms with Gasteiger partial charge in [0.25, 0.3) is 11.5 Å². The Hall–Kier alpha value is -3.59. The Morgan fingerprint density at radius 2 is 1.91 bits per heavy atom. The molecule has 4 rings (SSSR count). The van der Waals surface area contributed by atoms with Crippen molar-refractivity contribution in [2.45, 2.75) is 38.4 Å². The number of rotatable bonds is 6. The van der Waals surface area contributed by atoms with E-state index in [-0.39, 0.29) is 24.1 Å². The Labute approximate surface area is 184 Å². The lowest BCUT2D eigenvalue weighted by atomic mass is 10.0. The number of benzene rings is 1. The van der Waals surface area contributed by atoms with Crippen molar-refractivity contribution in [1.82, 2.24) is 25.2 Å². The minimum Gasteiger partial charge on any atom is -0.501 e. The first-order valence-corrected chi connectivity index (χ1v) is 10.5.